The van der Waals surface area contributed by atoms with Crippen LogP contribution in [0.5, 0.6) is 5.75 Å². The number of fused-ring (bicyclic) bond motifs is 1. The zero-order valence-corrected chi connectivity index (χ0v) is 11.0. The second-order valence-corrected chi connectivity index (χ2v) is 5.02. The maximum absolute atomic E-state index is 6.13. The van der Waals surface area contributed by atoms with Gasteiger partial charge in [-0.15, -0.1) is 0 Å². The van der Waals surface area contributed by atoms with Crippen LogP contribution in [0.15, 0.2) is 12.1 Å². The molecule has 5 heteroatoms. The molecule has 0 unspecified atom stereocenters. The summed E-state index contributed by atoms with van der Waals surface area (Å²) in [5.41, 5.74) is 5.77. The highest BCUT2D eigenvalue weighted by Gasteiger charge is 2.18. The van der Waals surface area contributed by atoms with Crippen molar-refractivity contribution in [3.05, 3.63) is 28.3 Å². The number of ether oxygens (including phenoxy) is 2. The Morgan fingerprint density at radius 3 is 2.89 bits per heavy atom. The predicted octanol–water partition coefficient (Wildman–Crippen LogP) is 1.61. The smallest absolute Gasteiger partial charge is 0.127 e. The van der Waals surface area contributed by atoms with Gasteiger partial charge in [0.2, 0.25) is 0 Å². The molecule has 1 N–H and O–H groups in total. The van der Waals surface area contributed by atoms with Gasteiger partial charge in [-0.2, -0.15) is 0 Å². The molecule has 0 saturated carbocycles. The molecular formula is C13H17ClN2O2. The first kappa shape index (κ1) is 12.2. The van der Waals surface area contributed by atoms with E-state index in [9.17, 15) is 0 Å². The van der Waals surface area contributed by atoms with E-state index in [-0.39, 0.29) is 0 Å². The summed E-state index contributed by atoms with van der Waals surface area (Å²) in [6.07, 6.45) is 0.959. The fourth-order valence-electron chi connectivity index (χ4n) is 2.40. The van der Waals surface area contributed by atoms with Gasteiger partial charge in [-0.25, -0.2) is 5.01 Å². The molecule has 1 aromatic rings. The van der Waals surface area contributed by atoms with Crippen molar-refractivity contribution >= 4 is 11.6 Å². The lowest BCUT2D eigenvalue weighted by atomic mass is 10.1. The Bertz CT molecular complexity index is 433. The van der Waals surface area contributed by atoms with Crippen LogP contribution in [-0.4, -0.2) is 37.9 Å². The quantitative estimate of drug-likeness (QED) is 0.903. The van der Waals surface area contributed by atoms with Gasteiger partial charge in [-0.1, -0.05) is 11.6 Å². The summed E-state index contributed by atoms with van der Waals surface area (Å²) in [7, 11) is 0. The van der Waals surface area contributed by atoms with Gasteiger partial charge in [0.05, 0.1) is 19.8 Å². The van der Waals surface area contributed by atoms with E-state index in [4.69, 9.17) is 21.1 Å². The van der Waals surface area contributed by atoms with Crippen molar-refractivity contribution in [3.8, 4) is 5.75 Å². The highest BCUT2D eigenvalue weighted by atomic mass is 35.5. The first-order valence-corrected chi connectivity index (χ1v) is 6.71. The van der Waals surface area contributed by atoms with Crippen molar-refractivity contribution in [2.75, 3.05) is 32.9 Å². The van der Waals surface area contributed by atoms with Gasteiger partial charge in [0.1, 0.15) is 5.75 Å². The van der Waals surface area contributed by atoms with Gasteiger partial charge < -0.3 is 9.47 Å². The van der Waals surface area contributed by atoms with Crippen LogP contribution in [0.3, 0.4) is 0 Å². The summed E-state index contributed by atoms with van der Waals surface area (Å²) in [6, 6.07) is 3.99. The average Bonchev–Trinajstić information content (AvgIpc) is 2.85. The Morgan fingerprint density at radius 2 is 2.06 bits per heavy atom. The summed E-state index contributed by atoms with van der Waals surface area (Å²) in [5.74, 6) is 1.01. The zero-order chi connectivity index (χ0) is 12.4. The number of halogens is 1. The van der Waals surface area contributed by atoms with Crippen LogP contribution < -0.4 is 10.2 Å². The van der Waals surface area contributed by atoms with Crippen LogP contribution in [0.1, 0.15) is 11.1 Å². The molecule has 0 aliphatic carbocycles. The number of hydrogen-bond acceptors (Lipinski definition) is 4. The second kappa shape index (κ2) is 5.45. The molecule has 0 radical (unpaired) electrons. The van der Waals surface area contributed by atoms with E-state index >= 15 is 0 Å². The molecule has 2 aliphatic rings. The molecule has 98 valence electrons. The fourth-order valence-corrected chi connectivity index (χ4v) is 2.66. The molecule has 1 saturated heterocycles. The monoisotopic (exact) mass is 268 g/mol. The molecule has 1 aromatic carbocycles. The summed E-state index contributed by atoms with van der Waals surface area (Å²) in [5, 5.41) is 2.98. The van der Waals surface area contributed by atoms with Crippen LogP contribution >= 0.6 is 11.6 Å². The SMILES string of the molecule is Clc1cc2c(c(CNN3CCOCC3)c1)OCC2. The fraction of sp³-hybridized carbons (Fsp3) is 0.538. The number of rotatable bonds is 3. The summed E-state index contributed by atoms with van der Waals surface area (Å²) in [6.45, 7) is 4.94. The number of hydrogen-bond donors (Lipinski definition) is 1. The van der Waals surface area contributed by atoms with E-state index in [2.05, 4.69) is 10.4 Å². The number of hydrazine groups is 1. The van der Waals surface area contributed by atoms with Gasteiger partial charge in [0.15, 0.2) is 0 Å². The van der Waals surface area contributed by atoms with Crippen LogP contribution in [0.2, 0.25) is 5.02 Å². The Balaban J connectivity index is 1.68. The molecular weight excluding hydrogens is 252 g/mol. The van der Waals surface area contributed by atoms with Gasteiger partial charge >= 0.3 is 0 Å². The second-order valence-electron chi connectivity index (χ2n) is 4.59. The lowest BCUT2D eigenvalue weighted by molar-refractivity contribution is 0.0104. The molecule has 2 aliphatic heterocycles. The molecule has 3 rings (SSSR count). The van der Waals surface area contributed by atoms with Crippen LogP contribution in [0, 0.1) is 0 Å². The number of nitrogens with zero attached hydrogens (tertiary/aromatic N) is 1. The minimum absolute atomic E-state index is 0.753. The topological polar surface area (TPSA) is 33.7 Å². The number of benzene rings is 1. The van der Waals surface area contributed by atoms with E-state index in [1.807, 2.05) is 12.1 Å². The van der Waals surface area contributed by atoms with E-state index in [1.54, 1.807) is 0 Å². The number of morpholine rings is 1. The third-order valence-electron chi connectivity index (χ3n) is 3.33. The maximum Gasteiger partial charge on any atom is 0.127 e. The van der Waals surface area contributed by atoms with Crippen molar-refractivity contribution < 1.29 is 9.47 Å². The Hall–Kier alpha value is -0.810. The minimum atomic E-state index is 0.753. The molecule has 0 atom stereocenters. The van der Waals surface area contributed by atoms with Gasteiger partial charge in [0, 0.05) is 36.6 Å². The molecule has 18 heavy (non-hydrogen) atoms. The minimum Gasteiger partial charge on any atom is -0.493 e. The maximum atomic E-state index is 6.13. The molecule has 2 heterocycles. The zero-order valence-electron chi connectivity index (χ0n) is 10.2. The van der Waals surface area contributed by atoms with Gasteiger partial charge in [0.25, 0.3) is 0 Å². The van der Waals surface area contributed by atoms with Crippen molar-refractivity contribution in [2.24, 2.45) is 0 Å². The molecule has 1 fully saturated rings. The number of nitrogens with one attached hydrogen (secondary N) is 1. The first-order chi connectivity index (χ1) is 8.83. The Morgan fingerprint density at radius 1 is 1.22 bits per heavy atom. The average molecular weight is 269 g/mol. The molecule has 4 nitrogen and oxygen atoms in total. The van der Waals surface area contributed by atoms with E-state index in [0.717, 1.165) is 62.2 Å². The third kappa shape index (κ3) is 2.62. The highest BCUT2D eigenvalue weighted by Crippen LogP contribution is 2.32. The van der Waals surface area contributed by atoms with Crippen molar-refractivity contribution in [1.29, 1.82) is 0 Å². The van der Waals surface area contributed by atoms with Crippen LogP contribution in [0.25, 0.3) is 0 Å². The highest BCUT2D eigenvalue weighted by molar-refractivity contribution is 6.30. The molecule has 0 bridgehead atoms. The summed E-state index contributed by atoms with van der Waals surface area (Å²) in [4.78, 5) is 0. The standard InChI is InChI=1S/C13H17ClN2O2/c14-12-7-10-1-4-18-13(10)11(8-12)9-15-16-2-5-17-6-3-16/h7-8,15H,1-6,9H2. The predicted molar refractivity (Wildman–Crippen MR) is 69.9 cm³/mol. The molecule has 0 aromatic heterocycles. The lowest BCUT2D eigenvalue weighted by Crippen LogP contribution is -2.45. The molecule has 0 spiro atoms. The van der Waals surface area contributed by atoms with E-state index in [0.29, 0.717) is 0 Å². The largest absolute Gasteiger partial charge is 0.493 e. The normalized spacial score (nSPS) is 19.6. The van der Waals surface area contributed by atoms with Gasteiger partial charge in [-0.3, -0.25) is 5.43 Å². The third-order valence-corrected chi connectivity index (χ3v) is 3.55. The van der Waals surface area contributed by atoms with E-state index < -0.39 is 0 Å². The van der Waals surface area contributed by atoms with Crippen molar-refractivity contribution in [2.45, 2.75) is 13.0 Å². The lowest BCUT2D eigenvalue weighted by Gasteiger charge is -2.27. The van der Waals surface area contributed by atoms with Crippen molar-refractivity contribution in [1.82, 2.24) is 10.4 Å². The summed E-state index contributed by atoms with van der Waals surface area (Å²) >= 11 is 6.13. The Labute approximate surface area is 112 Å². The van der Waals surface area contributed by atoms with Crippen molar-refractivity contribution in [3.63, 3.8) is 0 Å². The van der Waals surface area contributed by atoms with Crippen LogP contribution in [-0.2, 0) is 17.7 Å². The summed E-state index contributed by atoms with van der Waals surface area (Å²) < 4.78 is 11.0. The van der Waals surface area contributed by atoms with E-state index in [1.165, 1.54) is 5.56 Å². The van der Waals surface area contributed by atoms with Gasteiger partial charge in [-0.05, 0) is 17.7 Å². The van der Waals surface area contributed by atoms with Crippen LogP contribution in [0.4, 0.5) is 0 Å². The molecule has 0 amide bonds. The first-order valence-electron chi connectivity index (χ1n) is 6.33. The Kier molecular flexibility index (Phi) is 3.70.